The Bertz CT molecular complexity index is 1820. The van der Waals surface area contributed by atoms with E-state index in [1.807, 2.05) is 95.8 Å². The molecule has 6 nitrogen and oxygen atoms in total. The molecule has 0 aliphatic carbocycles. The molecule has 1 aliphatic rings. The molecule has 0 saturated heterocycles. The van der Waals surface area contributed by atoms with Gasteiger partial charge in [0.25, 0.3) is 5.91 Å². The summed E-state index contributed by atoms with van der Waals surface area (Å²) in [4.78, 5) is 18.8. The Balaban J connectivity index is 1.45. The van der Waals surface area contributed by atoms with Crippen LogP contribution in [0, 0.1) is 0 Å². The number of rotatable bonds is 5. The van der Waals surface area contributed by atoms with Crippen molar-refractivity contribution in [2.75, 3.05) is 0 Å². The van der Waals surface area contributed by atoms with E-state index in [1.54, 1.807) is 17.1 Å². The summed E-state index contributed by atoms with van der Waals surface area (Å²) in [6, 6.07) is 32.1. The summed E-state index contributed by atoms with van der Waals surface area (Å²) < 4.78 is 3.48. The second-order valence-electron chi connectivity index (χ2n) is 9.39. The summed E-state index contributed by atoms with van der Waals surface area (Å²) in [6.45, 7) is 0.513. The molecule has 7 rings (SSSR count). The molecule has 4 heterocycles. The van der Waals surface area contributed by atoms with Crippen LogP contribution in [0.2, 0.25) is 0 Å². The summed E-state index contributed by atoms with van der Waals surface area (Å²) in [5.41, 5.74) is 8.15. The highest BCUT2D eigenvalue weighted by molar-refractivity contribution is 6.23. The number of carbonyl (C=O) groups is 1. The Morgan fingerprint density at radius 2 is 1.55 bits per heavy atom. The summed E-state index contributed by atoms with van der Waals surface area (Å²) in [7, 11) is 0. The Kier molecular flexibility index (Phi) is 5.29. The first kappa shape index (κ1) is 22.1. The first-order chi connectivity index (χ1) is 18.8. The second-order valence-corrected chi connectivity index (χ2v) is 9.39. The largest absolute Gasteiger partial charge is 0.279 e. The van der Waals surface area contributed by atoms with Gasteiger partial charge in [-0.2, -0.15) is 14.9 Å². The molecule has 0 bridgehead atoms. The number of allylic oxidation sites excluding steroid dienone is 2. The molecular formula is C32H23N5O. The molecular weight excluding hydrogens is 470 g/mol. The maximum Gasteiger partial charge on any atom is 0.279 e. The highest BCUT2D eigenvalue weighted by atomic mass is 16.2. The lowest BCUT2D eigenvalue weighted by Crippen LogP contribution is -2.25. The Hall–Kier alpha value is -5.10. The van der Waals surface area contributed by atoms with Crippen molar-refractivity contribution in [3.63, 3.8) is 0 Å². The van der Waals surface area contributed by atoms with E-state index in [1.165, 1.54) is 0 Å². The standard InChI is InChI=1S/C32H23N5O/c38-32-29(25-14-15-27-24(19-25)13-7-16-33-27)26(21-36-18-8-17-34-36)20-28-30(22-9-3-1-4-10-22)31(35-37(28)32)23-11-5-2-6-12-23/h1-19H,20-21H2. The van der Waals surface area contributed by atoms with E-state index in [9.17, 15) is 4.79 Å². The maximum absolute atomic E-state index is 14.3. The van der Waals surface area contributed by atoms with Gasteiger partial charge >= 0.3 is 0 Å². The highest BCUT2D eigenvalue weighted by Crippen LogP contribution is 2.40. The predicted octanol–water partition coefficient (Wildman–Crippen LogP) is 6.31. The van der Waals surface area contributed by atoms with Crippen molar-refractivity contribution in [1.82, 2.24) is 24.5 Å². The van der Waals surface area contributed by atoms with Gasteiger partial charge < -0.3 is 0 Å². The van der Waals surface area contributed by atoms with Crippen molar-refractivity contribution in [2.24, 2.45) is 0 Å². The van der Waals surface area contributed by atoms with Crippen LogP contribution in [0.5, 0.6) is 0 Å². The minimum Gasteiger partial charge on any atom is -0.269 e. The SMILES string of the molecule is O=C1C(c2ccc3ncccc3c2)=C(Cn2cccn2)Cc2c(-c3ccccc3)c(-c3ccccc3)nn21. The molecule has 0 unspecified atom stereocenters. The molecule has 3 aromatic carbocycles. The number of hydrogen-bond acceptors (Lipinski definition) is 4. The van der Waals surface area contributed by atoms with Gasteiger partial charge in [-0.05, 0) is 41.0 Å². The van der Waals surface area contributed by atoms with Crippen LogP contribution in [-0.4, -0.2) is 30.5 Å². The molecule has 0 amide bonds. The fourth-order valence-corrected chi connectivity index (χ4v) is 5.32. The third-order valence-electron chi connectivity index (χ3n) is 7.04. The lowest BCUT2D eigenvalue weighted by Gasteiger charge is -2.22. The van der Waals surface area contributed by atoms with E-state index >= 15 is 0 Å². The minimum absolute atomic E-state index is 0.129. The van der Waals surface area contributed by atoms with Crippen LogP contribution in [0.3, 0.4) is 0 Å². The van der Waals surface area contributed by atoms with Crippen molar-refractivity contribution < 1.29 is 4.79 Å². The predicted molar refractivity (Wildman–Crippen MR) is 148 cm³/mol. The third-order valence-corrected chi connectivity index (χ3v) is 7.04. The molecule has 3 aromatic heterocycles. The summed E-state index contributed by atoms with van der Waals surface area (Å²) in [6.07, 6.45) is 6.05. The average molecular weight is 494 g/mol. The Morgan fingerprint density at radius 1 is 0.763 bits per heavy atom. The average Bonchev–Trinajstić information content (AvgIpc) is 3.62. The van der Waals surface area contributed by atoms with Gasteiger partial charge in [-0.15, -0.1) is 0 Å². The number of pyridine rings is 1. The van der Waals surface area contributed by atoms with Crippen LogP contribution in [0.15, 0.2) is 121 Å². The monoisotopic (exact) mass is 493 g/mol. The van der Waals surface area contributed by atoms with Gasteiger partial charge in [0, 0.05) is 41.5 Å². The summed E-state index contributed by atoms with van der Waals surface area (Å²) in [5.74, 6) is -0.129. The topological polar surface area (TPSA) is 65.6 Å². The zero-order valence-corrected chi connectivity index (χ0v) is 20.5. The number of benzene rings is 3. The van der Waals surface area contributed by atoms with Crippen LogP contribution in [-0.2, 0) is 13.0 Å². The fourth-order valence-electron chi connectivity index (χ4n) is 5.32. The van der Waals surface area contributed by atoms with E-state index in [0.717, 1.165) is 50.1 Å². The first-order valence-corrected chi connectivity index (χ1v) is 12.6. The van der Waals surface area contributed by atoms with Gasteiger partial charge in [-0.3, -0.25) is 14.5 Å². The second kappa shape index (κ2) is 9.09. The minimum atomic E-state index is -0.129. The maximum atomic E-state index is 14.3. The fraction of sp³-hybridized carbons (Fsp3) is 0.0625. The highest BCUT2D eigenvalue weighted by Gasteiger charge is 2.33. The quantitative estimate of drug-likeness (QED) is 0.282. The number of carbonyl (C=O) groups excluding carboxylic acids is 1. The van der Waals surface area contributed by atoms with Crippen molar-refractivity contribution in [3.05, 3.63) is 132 Å². The normalized spacial score (nSPS) is 13.2. The van der Waals surface area contributed by atoms with Crippen molar-refractivity contribution >= 4 is 22.4 Å². The lowest BCUT2D eigenvalue weighted by atomic mass is 9.89. The third kappa shape index (κ3) is 3.74. The molecule has 1 aliphatic heterocycles. The van der Waals surface area contributed by atoms with E-state index in [0.29, 0.717) is 18.5 Å². The molecule has 182 valence electrons. The Labute approximate surface area is 219 Å². The number of aromatic nitrogens is 5. The molecule has 0 spiro atoms. The van der Waals surface area contributed by atoms with Crippen LogP contribution in [0.1, 0.15) is 16.1 Å². The molecule has 38 heavy (non-hydrogen) atoms. The van der Waals surface area contributed by atoms with Gasteiger partial charge in [0.2, 0.25) is 0 Å². The van der Waals surface area contributed by atoms with Gasteiger partial charge in [-0.25, -0.2) is 0 Å². The molecule has 0 N–H and O–H groups in total. The molecule has 6 heteroatoms. The van der Waals surface area contributed by atoms with E-state index in [4.69, 9.17) is 5.10 Å². The Morgan fingerprint density at radius 3 is 2.32 bits per heavy atom. The van der Waals surface area contributed by atoms with Crippen molar-refractivity contribution in [1.29, 1.82) is 0 Å². The number of nitrogens with zero attached hydrogens (tertiary/aromatic N) is 5. The van der Waals surface area contributed by atoms with Crippen LogP contribution >= 0.6 is 0 Å². The van der Waals surface area contributed by atoms with Gasteiger partial charge in [0.15, 0.2) is 0 Å². The molecule has 0 saturated carbocycles. The summed E-state index contributed by atoms with van der Waals surface area (Å²) in [5, 5.41) is 10.4. The first-order valence-electron chi connectivity index (χ1n) is 12.6. The lowest BCUT2D eigenvalue weighted by molar-refractivity contribution is 0.0957. The van der Waals surface area contributed by atoms with Crippen molar-refractivity contribution in [3.8, 4) is 22.4 Å². The van der Waals surface area contributed by atoms with E-state index in [-0.39, 0.29) is 5.91 Å². The summed E-state index contributed by atoms with van der Waals surface area (Å²) >= 11 is 0. The van der Waals surface area contributed by atoms with Crippen molar-refractivity contribution in [2.45, 2.75) is 13.0 Å². The zero-order chi connectivity index (χ0) is 25.5. The van der Waals surface area contributed by atoms with Crippen LogP contribution < -0.4 is 0 Å². The van der Waals surface area contributed by atoms with Crippen LogP contribution in [0.4, 0.5) is 0 Å². The van der Waals surface area contributed by atoms with Crippen LogP contribution in [0.25, 0.3) is 38.9 Å². The van der Waals surface area contributed by atoms with Gasteiger partial charge in [-0.1, -0.05) is 72.8 Å². The van der Waals surface area contributed by atoms with E-state index in [2.05, 4.69) is 22.2 Å². The molecule has 6 aromatic rings. The zero-order valence-electron chi connectivity index (χ0n) is 20.5. The number of hydrogen-bond donors (Lipinski definition) is 0. The smallest absolute Gasteiger partial charge is 0.269 e. The number of fused-ring (bicyclic) bond motifs is 2. The molecule has 0 radical (unpaired) electrons. The van der Waals surface area contributed by atoms with E-state index < -0.39 is 0 Å². The molecule has 0 atom stereocenters. The van der Waals surface area contributed by atoms with Gasteiger partial charge in [0.05, 0.1) is 23.3 Å². The van der Waals surface area contributed by atoms with Gasteiger partial charge in [0.1, 0.15) is 5.69 Å². The molecule has 0 fully saturated rings.